The molecule has 2 aromatic carbocycles. The van der Waals surface area contributed by atoms with Crippen LogP contribution >= 0.6 is 0 Å². The monoisotopic (exact) mass is 482 g/mol. The van der Waals surface area contributed by atoms with Crippen molar-refractivity contribution in [2.75, 3.05) is 14.2 Å². The van der Waals surface area contributed by atoms with Crippen LogP contribution in [0, 0.1) is 17.7 Å². The molecule has 0 saturated heterocycles. The van der Waals surface area contributed by atoms with Crippen LogP contribution in [0.3, 0.4) is 0 Å². The summed E-state index contributed by atoms with van der Waals surface area (Å²) in [5.41, 5.74) is -0.480. The zero-order valence-electron chi connectivity index (χ0n) is 21.2. The molecule has 2 fully saturated rings. The van der Waals surface area contributed by atoms with E-state index < -0.39 is 17.1 Å². The number of benzene rings is 2. The van der Waals surface area contributed by atoms with Gasteiger partial charge in [-0.05, 0) is 98.1 Å². The topological polar surface area (TPSA) is 35.5 Å². The van der Waals surface area contributed by atoms with Gasteiger partial charge in [0.25, 0.3) is 0 Å². The molecule has 2 aliphatic carbocycles. The Labute approximate surface area is 207 Å². The van der Waals surface area contributed by atoms with Crippen LogP contribution < -0.4 is 4.74 Å². The lowest BCUT2D eigenvalue weighted by Crippen LogP contribution is -2.52. The second-order valence-corrected chi connectivity index (χ2v) is 10.5. The first-order chi connectivity index (χ1) is 16.7. The Kier molecular flexibility index (Phi) is 7.35. The van der Waals surface area contributed by atoms with Gasteiger partial charge in [0.2, 0.25) is 5.67 Å². The molecule has 4 rings (SSSR count). The van der Waals surface area contributed by atoms with E-state index in [4.69, 9.17) is 9.47 Å². The molecule has 0 amide bonds. The Morgan fingerprint density at radius 3 is 2.34 bits per heavy atom. The molecule has 2 atom stereocenters. The average molecular weight is 483 g/mol. The minimum atomic E-state index is -2.11. The lowest BCUT2D eigenvalue weighted by Gasteiger charge is -2.40. The van der Waals surface area contributed by atoms with Crippen LogP contribution in [0.25, 0.3) is 6.08 Å². The van der Waals surface area contributed by atoms with Crippen molar-refractivity contribution in [2.45, 2.75) is 69.4 Å². The van der Waals surface area contributed by atoms with Crippen LogP contribution in [0.5, 0.6) is 5.75 Å². The third-order valence-corrected chi connectivity index (χ3v) is 8.40. The van der Waals surface area contributed by atoms with Crippen molar-refractivity contribution >= 4 is 12.0 Å². The number of hydrogen-bond acceptors (Lipinski definition) is 3. The normalized spacial score (nSPS) is 23.9. The zero-order chi connectivity index (χ0) is 25.2. The molecular weight excluding hydrogens is 446 g/mol. The van der Waals surface area contributed by atoms with Gasteiger partial charge >= 0.3 is 5.97 Å². The van der Waals surface area contributed by atoms with Crippen molar-refractivity contribution in [3.05, 3.63) is 71.0 Å². The van der Waals surface area contributed by atoms with Crippen LogP contribution in [-0.4, -0.2) is 25.9 Å². The van der Waals surface area contributed by atoms with Crippen molar-refractivity contribution in [3.63, 3.8) is 0 Å². The largest absolute Gasteiger partial charge is 0.497 e. The zero-order valence-corrected chi connectivity index (χ0v) is 21.2. The van der Waals surface area contributed by atoms with Gasteiger partial charge in [0.1, 0.15) is 11.6 Å². The number of alkyl halides is 1. The summed E-state index contributed by atoms with van der Waals surface area (Å²) in [4.78, 5) is 12.3. The van der Waals surface area contributed by atoms with E-state index in [1.807, 2.05) is 37.3 Å². The molecule has 3 nitrogen and oxygen atoms in total. The molecule has 0 aromatic heterocycles. The van der Waals surface area contributed by atoms with Gasteiger partial charge in [-0.3, -0.25) is 0 Å². The van der Waals surface area contributed by atoms with Crippen molar-refractivity contribution in [3.8, 4) is 5.75 Å². The molecule has 1 unspecified atom stereocenters. The summed E-state index contributed by atoms with van der Waals surface area (Å²) in [5.74, 6) is 0.447. The number of allylic oxidation sites excluding steroid dienone is 1. The molecule has 188 valence electrons. The number of carbonyl (C=O) groups excluding carboxylic acids is 1. The van der Waals surface area contributed by atoms with E-state index in [1.54, 1.807) is 13.2 Å². The van der Waals surface area contributed by atoms with E-state index in [9.17, 15) is 9.18 Å². The quantitative estimate of drug-likeness (QED) is 0.368. The van der Waals surface area contributed by atoms with Crippen LogP contribution in [0.4, 0.5) is 8.78 Å². The molecule has 2 aromatic rings. The van der Waals surface area contributed by atoms with Crippen LogP contribution in [0.15, 0.2) is 48.5 Å². The Bertz CT molecular complexity index is 1080. The highest BCUT2D eigenvalue weighted by atomic mass is 19.1. The highest BCUT2D eigenvalue weighted by Crippen LogP contribution is 2.55. The summed E-state index contributed by atoms with van der Waals surface area (Å²) in [6.45, 7) is 3.20. The standard InChI is InChI=1S/C30H36F2O3/c1-29(23-14-15-23,30(2,32)28(33)35-4)24-7-5-6-21(18-24)9-8-20-10-12-22(13-11-20)26-19-25(34-3)16-17-27(26)31/h5-9,16-20,22-23H,10-15H2,1-4H3/b9-8+/t20-,22-,29-,30?/m1/s1. The van der Waals surface area contributed by atoms with Gasteiger partial charge in [-0.1, -0.05) is 43.3 Å². The number of rotatable bonds is 8. The third kappa shape index (κ3) is 5.00. The fraction of sp³-hybridized carbons (Fsp3) is 0.500. The number of hydrogen-bond donors (Lipinski definition) is 0. The maximum absolute atomic E-state index is 15.8. The van der Waals surface area contributed by atoms with E-state index in [-0.39, 0.29) is 17.7 Å². The average Bonchev–Trinajstić information content (AvgIpc) is 3.73. The molecule has 0 aliphatic heterocycles. The minimum Gasteiger partial charge on any atom is -0.497 e. The molecule has 0 heterocycles. The van der Waals surface area contributed by atoms with Crippen LogP contribution in [0.2, 0.25) is 0 Å². The second-order valence-electron chi connectivity index (χ2n) is 10.5. The van der Waals surface area contributed by atoms with E-state index in [0.717, 1.165) is 55.2 Å². The summed E-state index contributed by atoms with van der Waals surface area (Å²) >= 11 is 0. The van der Waals surface area contributed by atoms with Crippen LogP contribution in [0.1, 0.15) is 75.0 Å². The number of methoxy groups -OCH3 is 2. The summed E-state index contributed by atoms with van der Waals surface area (Å²) < 4.78 is 40.3. The van der Waals surface area contributed by atoms with E-state index in [2.05, 4.69) is 12.2 Å². The fourth-order valence-electron chi connectivity index (χ4n) is 5.75. The fourth-order valence-corrected chi connectivity index (χ4v) is 5.75. The number of carbonyl (C=O) groups is 1. The smallest absolute Gasteiger partial charge is 0.344 e. The summed E-state index contributed by atoms with van der Waals surface area (Å²) in [6.07, 6.45) is 9.97. The highest BCUT2D eigenvalue weighted by Gasteiger charge is 2.60. The number of halogens is 2. The van der Waals surface area contributed by atoms with E-state index in [1.165, 1.54) is 20.1 Å². The summed E-state index contributed by atoms with van der Waals surface area (Å²) in [7, 11) is 2.84. The Balaban J connectivity index is 1.46. The lowest BCUT2D eigenvalue weighted by atomic mass is 9.66. The molecule has 2 aliphatic rings. The maximum atomic E-state index is 15.8. The molecule has 35 heavy (non-hydrogen) atoms. The van der Waals surface area contributed by atoms with Gasteiger partial charge in [-0.25, -0.2) is 13.6 Å². The number of esters is 1. The summed E-state index contributed by atoms with van der Waals surface area (Å²) in [5, 5.41) is 0. The maximum Gasteiger partial charge on any atom is 0.344 e. The first-order valence-corrected chi connectivity index (χ1v) is 12.6. The first-order valence-electron chi connectivity index (χ1n) is 12.6. The SMILES string of the molecule is COC(=O)C(C)(F)[C@@](C)(c1cccc(/C=C/[C@H]2CC[C@H](c3cc(OC)ccc3F)CC2)c1)C1CC1. The molecular formula is C30H36F2O3. The Morgan fingerprint density at radius 1 is 1.00 bits per heavy atom. The van der Waals surface area contributed by atoms with Gasteiger partial charge in [0, 0.05) is 5.41 Å². The second kappa shape index (κ2) is 10.1. The molecule has 0 N–H and O–H groups in total. The number of ether oxygens (including phenoxy) is 2. The Morgan fingerprint density at radius 2 is 1.71 bits per heavy atom. The lowest BCUT2D eigenvalue weighted by molar-refractivity contribution is -0.159. The van der Waals surface area contributed by atoms with Gasteiger partial charge < -0.3 is 9.47 Å². The van der Waals surface area contributed by atoms with Gasteiger partial charge in [-0.2, -0.15) is 0 Å². The van der Waals surface area contributed by atoms with E-state index >= 15 is 4.39 Å². The molecule has 0 radical (unpaired) electrons. The first kappa shape index (κ1) is 25.4. The van der Waals surface area contributed by atoms with E-state index in [0.29, 0.717) is 11.7 Å². The predicted molar refractivity (Wildman–Crippen MR) is 135 cm³/mol. The van der Waals surface area contributed by atoms with Crippen molar-refractivity contribution in [1.82, 2.24) is 0 Å². The summed E-state index contributed by atoms with van der Waals surface area (Å²) in [6, 6.07) is 12.9. The highest BCUT2D eigenvalue weighted by molar-refractivity contribution is 5.81. The van der Waals surface area contributed by atoms with Gasteiger partial charge in [0.15, 0.2) is 0 Å². The molecule has 0 bridgehead atoms. The van der Waals surface area contributed by atoms with Gasteiger partial charge in [-0.15, -0.1) is 0 Å². The molecule has 2 saturated carbocycles. The Hall–Kier alpha value is -2.69. The van der Waals surface area contributed by atoms with Crippen molar-refractivity contribution in [2.24, 2.45) is 11.8 Å². The van der Waals surface area contributed by atoms with Crippen molar-refractivity contribution < 1.29 is 23.0 Å². The van der Waals surface area contributed by atoms with Crippen LogP contribution in [-0.2, 0) is 14.9 Å². The van der Waals surface area contributed by atoms with Gasteiger partial charge in [0.05, 0.1) is 14.2 Å². The predicted octanol–water partition coefficient (Wildman–Crippen LogP) is 7.39. The molecule has 5 heteroatoms. The third-order valence-electron chi connectivity index (χ3n) is 8.40. The molecule has 0 spiro atoms. The minimum absolute atomic E-state index is 0.114. The van der Waals surface area contributed by atoms with Crippen molar-refractivity contribution in [1.29, 1.82) is 0 Å².